The van der Waals surface area contributed by atoms with Crippen molar-refractivity contribution >= 4 is 67.1 Å². The number of fused-ring (bicyclic) bond motifs is 1. The molecule has 16 heteroatoms. The number of thiazole rings is 1. The van der Waals surface area contributed by atoms with E-state index in [0.29, 0.717) is 21.8 Å². The van der Waals surface area contributed by atoms with Gasteiger partial charge in [-0.25, -0.2) is 4.98 Å². The van der Waals surface area contributed by atoms with E-state index >= 15 is 0 Å². The number of nitrogens with zero attached hydrogens (tertiary/aromatic N) is 4. The fourth-order valence-corrected chi connectivity index (χ4v) is 4.48. The van der Waals surface area contributed by atoms with Gasteiger partial charge in [-0.2, -0.15) is 23.4 Å². The van der Waals surface area contributed by atoms with Gasteiger partial charge in [-0.1, -0.05) is 12.1 Å². The summed E-state index contributed by atoms with van der Waals surface area (Å²) in [6.07, 6.45) is 0. The number of aliphatic carboxylic acids is 2. The Labute approximate surface area is 206 Å². The molecule has 2 aromatic carbocycles. The second kappa shape index (κ2) is 10.1. The lowest BCUT2D eigenvalue weighted by atomic mass is 10.2. The van der Waals surface area contributed by atoms with Crippen molar-refractivity contribution in [1.29, 1.82) is 0 Å². The summed E-state index contributed by atoms with van der Waals surface area (Å²) in [5, 5.41) is 26.1. The van der Waals surface area contributed by atoms with Crippen LogP contribution in [0.4, 0.5) is 23.5 Å². The van der Waals surface area contributed by atoms with Gasteiger partial charge in [0, 0.05) is 5.56 Å². The molecule has 4 rings (SSSR count). The number of carboxylic acids is 2. The SMILES string of the molecule is O=C(O)CNc1nc(NCC(=O)O)nc(Nc2ccc(S(=O)(=O)O)cc2-c2nc3ccccc3s2)n1. The number of carbonyl (C=O) groups is 2. The highest BCUT2D eigenvalue weighted by atomic mass is 32.2. The predicted molar refractivity (Wildman–Crippen MR) is 130 cm³/mol. The van der Waals surface area contributed by atoms with Crippen molar-refractivity contribution in [2.24, 2.45) is 0 Å². The second-order valence-corrected chi connectivity index (χ2v) is 9.55. The smallest absolute Gasteiger partial charge is 0.322 e. The number of nitrogens with one attached hydrogen (secondary N) is 3. The second-order valence-electron chi connectivity index (χ2n) is 7.10. The van der Waals surface area contributed by atoms with Gasteiger partial charge in [0.15, 0.2) is 0 Å². The number of hydrogen-bond acceptors (Lipinski definition) is 12. The van der Waals surface area contributed by atoms with Crippen LogP contribution in [0.25, 0.3) is 20.8 Å². The van der Waals surface area contributed by atoms with Crippen LogP contribution in [0.3, 0.4) is 0 Å². The van der Waals surface area contributed by atoms with E-state index in [4.69, 9.17) is 10.2 Å². The van der Waals surface area contributed by atoms with E-state index in [0.717, 1.165) is 4.70 Å². The largest absolute Gasteiger partial charge is 0.480 e. The molecule has 0 aliphatic rings. The molecule has 2 heterocycles. The maximum absolute atomic E-state index is 11.8. The lowest BCUT2D eigenvalue weighted by molar-refractivity contribution is -0.135. The first-order valence-corrected chi connectivity index (χ1v) is 12.3. The minimum Gasteiger partial charge on any atom is -0.480 e. The Hall–Kier alpha value is -4.41. The van der Waals surface area contributed by atoms with E-state index in [9.17, 15) is 22.6 Å². The standard InChI is InChI=1S/C20H17N7O7S2/c28-15(29)8-21-18-25-19(22-9-16(30)31)27-20(26-18)24-12-6-5-10(36(32,33)34)7-11(12)17-23-13-3-1-2-4-14(13)35-17/h1-7H,8-9H2,(H,28,29)(H,30,31)(H,32,33,34)(H3,21,22,24,25,26,27). The zero-order valence-corrected chi connectivity index (χ0v) is 19.7. The van der Waals surface area contributed by atoms with E-state index in [2.05, 4.69) is 35.9 Å². The van der Waals surface area contributed by atoms with Gasteiger partial charge in [0.1, 0.15) is 18.1 Å². The summed E-state index contributed by atoms with van der Waals surface area (Å²) in [6.45, 7) is -1.02. The lowest BCUT2D eigenvalue weighted by Crippen LogP contribution is -2.18. The molecule has 0 amide bonds. The van der Waals surface area contributed by atoms with E-state index < -0.39 is 35.1 Å². The van der Waals surface area contributed by atoms with E-state index in [-0.39, 0.29) is 22.7 Å². The number of para-hydroxylation sites is 1. The Bertz CT molecular complexity index is 1500. The molecular formula is C20H17N7O7S2. The summed E-state index contributed by atoms with van der Waals surface area (Å²) in [5.74, 6) is -2.77. The van der Waals surface area contributed by atoms with Gasteiger partial charge in [0.25, 0.3) is 10.1 Å². The van der Waals surface area contributed by atoms with Gasteiger partial charge in [-0.15, -0.1) is 11.3 Å². The molecule has 0 aliphatic carbocycles. The van der Waals surface area contributed by atoms with Gasteiger partial charge >= 0.3 is 11.9 Å². The minimum atomic E-state index is -4.52. The number of hydrogen-bond donors (Lipinski definition) is 6. The highest BCUT2D eigenvalue weighted by molar-refractivity contribution is 7.85. The average molecular weight is 532 g/mol. The molecule has 14 nitrogen and oxygen atoms in total. The van der Waals surface area contributed by atoms with E-state index in [1.54, 1.807) is 6.07 Å². The molecular weight excluding hydrogens is 514 g/mol. The van der Waals surface area contributed by atoms with Crippen molar-refractivity contribution in [2.45, 2.75) is 4.90 Å². The van der Waals surface area contributed by atoms with Crippen molar-refractivity contribution in [2.75, 3.05) is 29.0 Å². The summed E-state index contributed by atoms with van der Waals surface area (Å²) in [6, 6.07) is 11.1. The fraction of sp³-hybridized carbons (Fsp3) is 0.100. The molecule has 0 saturated heterocycles. The molecule has 0 atom stereocenters. The van der Waals surface area contributed by atoms with E-state index in [1.807, 2.05) is 18.2 Å². The quantitative estimate of drug-likeness (QED) is 0.162. The van der Waals surface area contributed by atoms with Gasteiger partial charge in [-0.3, -0.25) is 14.1 Å². The molecule has 0 saturated carbocycles. The predicted octanol–water partition coefficient (Wildman–Crippen LogP) is 2.13. The first-order chi connectivity index (χ1) is 17.1. The summed E-state index contributed by atoms with van der Waals surface area (Å²) in [7, 11) is -4.52. The van der Waals surface area contributed by atoms with Gasteiger partial charge in [0.05, 0.1) is 20.8 Å². The Kier molecular flexibility index (Phi) is 6.91. The summed E-state index contributed by atoms with van der Waals surface area (Å²) in [5.41, 5.74) is 1.30. The molecule has 0 fully saturated rings. The molecule has 6 N–H and O–H groups in total. The summed E-state index contributed by atoms with van der Waals surface area (Å²) >= 11 is 1.29. The average Bonchev–Trinajstić information content (AvgIpc) is 3.25. The van der Waals surface area contributed by atoms with Crippen LogP contribution >= 0.6 is 11.3 Å². The minimum absolute atomic E-state index is 0.104. The number of carboxylic acid groups (broad SMARTS) is 2. The van der Waals surface area contributed by atoms with Gasteiger partial charge in [-0.05, 0) is 30.3 Å². The first kappa shape index (κ1) is 24.7. The number of anilines is 4. The fourth-order valence-electron chi connectivity index (χ4n) is 2.98. The Morgan fingerprint density at radius 2 is 1.47 bits per heavy atom. The van der Waals surface area contributed by atoms with Crippen LogP contribution in [0.2, 0.25) is 0 Å². The van der Waals surface area contributed by atoms with Crippen molar-refractivity contribution in [3.63, 3.8) is 0 Å². The number of rotatable bonds is 10. The van der Waals surface area contributed by atoms with Crippen molar-refractivity contribution in [1.82, 2.24) is 19.9 Å². The normalized spacial score (nSPS) is 11.2. The third kappa shape index (κ3) is 5.98. The molecule has 0 bridgehead atoms. The topological polar surface area (TPSA) is 217 Å². The number of benzene rings is 2. The van der Waals surface area contributed by atoms with Crippen molar-refractivity contribution in [3.8, 4) is 10.6 Å². The lowest BCUT2D eigenvalue weighted by Gasteiger charge is -2.13. The van der Waals surface area contributed by atoms with Crippen LogP contribution in [-0.4, -0.2) is 68.1 Å². The van der Waals surface area contributed by atoms with E-state index in [1.165, 1.54) is 29.5 Å². The third-order valence-corrected chi connectivity index (χ3v) is 6.41. The molecule has 2 aromatic heterocycles. The zero-order chi connectivity index (χ0) is 25.9. The van der Waals surface area contributed by atoms with Crippen molar-refractivity contribution < 1.29 is 32.8 Å². The maximum Gasteiger partial charge on any atom is 0.322 e. The van der Waals surface area contributed by atoms with Crippen LogP contribution in [0.5, 0.6) is 0 Å². The van der Waals surface area contributed by atoms with Crippen molar-refractivity contribution in [3.05, 3.63) is 42.5 Å². The van der Waals surface area contributed by atoms with Gasteiger partial charge in [0.2, 0.25) is 17.8 Å². The Morgan fingerprint density at radius 1 is 0.861 bits per heavy atom. The Morgan fingerprint density at radius 3 is 2.06 bits per heavy atom. The first-order valence-electron chi connectivity index (χ1n) is 10.0. The maximum atomic E-state index is 11.8. The van der Waals surface area contributed by atoms with Crippen LogP contribution < -0.4 is 16.0 Å². The molecule has 0 unspecified atom stereocenters. The van der Waals surface area contributed by atoms with Crippen LogP contribution in [0, 0.1) is 0 Å². The monoisotopic (exact) mass is 531 g/mol. The van der Waals surface area contributed by atoms with Crippen LogP contribution in [-0.2, 0) is 19.7 Å². The molecule has 0 spiro atoms. The highest BCUT2D eigenvalue weighted by Gasteiger charge is 2.18. The zero-order valence-electron chi connectivity index (χ0n) is 18.0. The molecule has 36 heavy (non-hydrogen) atoms. The molecule has 186 valence electrons. The Balaban J connectivity index is 1.77. The highest BCUT2D eigenvalue weighted by Crippen LogP contribution is 2.37. The summed E-state index contributed by atoms with van der Waals surface area (Å²) < 4.78 is 33.9. The van der Waals surface area contributed by atoms with Crippen LogP contribution in [0.1, 0.15) is 0 Å². The number of aromatic nitrogens is 4. The molecule has 0 radical (unpaired) electrons. The summed E-state index contributed by atoms with van der Waals surface area (Å²) in [4.78, 5) is 38.2. The third-order valence-electron chi connectivity index (χ3n) is 4.49. The van der Waals surface area contributed by atoms with Crippen LogP contribution in [0.15, 0.2) is 47.4 Å². The molecule has 4 aromatic rings. The van der Waals surface area contributed by atoms with Gasteiger partial charge < -0.3 is 26.2 Å². The molecule has 0 aliphatic heterocycles.